The van der Waals surface area contributed by atoms with Crippen LogP contribution in [-0.2, 0) is 13.5 Å². The van der Waals surface area contributed by atoms with Crippen LogP contribution in [0.25, 0.3) is 0 Å². The Kier molecular flexibility index (Phi) is 5.32. The number of nitrogens with zero attached hydrogens (tertiary/aromatic N) is 1. The van der Waals surface area contributed by atoms with Gasteiger partial charge in [0.15, 0.2) is 0 Å². The average molecular weight is 316 g/mol. The van der Waals surface area contributed by atoms with Gasteiger partial charge < -0.3 is 19.4 Å². The fourth-order valence-electron chi connectivity index (χ4n) is 2.66. The molecule has 1 heterocycles. The highest BCUT2D eigenvalue weighted by molar-refractivity contribution is 5.99. The van der Waals surface area contributed by atoms with Crippen LogP contribution in [0.3, 0.4) is 0 Å². The SMILES string of the molecule is COc1cccc(OC)c1C(=O)NCCc1cc(C)n(C)c1C. The number of rotatable bonds is 6. The molecule has 0 spiro atoms. The summed E-state index contributed by atoms with van der Waals surface area (Å²) in [4.78, 5) is 12.5. The highest BCUT2D eigenvalue weighted by atomic mass is 16.5. The van der Waals surface area contributed by atoms with Crippen molar-refractivity contribution in [3.63, 3.8) is 0 Å². The van der Waals surface area contributed by atoms with E-state index in [0.717, 1.165) is 6.42 Å². The van der Waals surface area contributed by atoms with Gasteiger partial charge >= 0.3 is 0 Å². The molecule has 5 heteroatoms. The first-order valence-corrected chi connectivity index (χ1v) is 7.60. The molecule has 124 valence electrons. The van der Waals surface area contributed by atoms with E-state index < -0.39 is 0 Å². The van der Waals surface area contributed by atoms with Gasteiger partial charge in [0.05, 0.1) is 14.2 Å². The van der Waals surface area contributed by atoms with Crippen molar-refractivity contribution in [3.8, 4) is 11.5 Å². The van der Waals surface area contributed by atoms with Crippen molar-refractivity contribution in [1.29, 1.82) is 0 Å². The van der Waals surface area contributed by atoms with E-state index in [1.807, 2.05) is 7.05 Å². The molecule has 0 fully saturated rings. The summed E-state index contributed by atoms with van der Waals surface area (Å²) in [6.07, 6.45) is 0.788. The number of methoxy groups -OCH3 is 2. The Balaban J connectivity index is 2.07. The molecule has 0 saturated carbocycles. The molecule has 0 unspecified atom stereocenters. The van der Waals surface area contributed by atoms with Crippen molar-refractivity contribution < 1.29 is 14.3 Å². The Hall–Kier alpha value is -2.43. The molecule has 5 nitrogen and oxygen atoms in total. The molecule has 23 heavy (non-hydrogen) atoms. The molecule has 0 saturated heterocycles. The van der Waals surface area contributed by atoms with Gasteiger partial charge in [-0.25, -0.2) is 0 Å². The van der Waals surface area contributed by atoms with E-state index in [9.17, 15) is 4.79 Å². The molecular weight excluding hydrogens is 292 g/mol. The van der Waals surface area contributed by atoms with E-state index in [1.54, 1.807) is 32.4 Å². The van der Waals surface area contributed by atoms with Gasteiger partial charge in [-0.15, -0.1) is 0 Å². The summed E-state index contributed by atoms with van der Waals surface area (Å²) < 4.78 is 12.7. The molecule has 0 aliphatic heterocycles. The van der Waals surface area contributed by atoms with E-state index in [4.69, 9.17) is 9.47 Å². The van der Waals surface area contributed by atoms with Crippen LogP contribution in [0.4, 0.5) is 0 Å². The number of aromatic nitrogens is 1. The maximum atomic E-state index is 12.5. The molecule has 0 aliphatic carbocycles. The van der Waals surface area contributed by atoms with E-state index >= 15 is 0 Å². The summed E-state index contributed by atoms with van der Waals surface area (Å²) in [5.74, 6) is 0.826. The maximum absolute atomic E-state index is 12.5. The molecule has 1 amide bonds. The van der Waals surface area contributed by atoms with Crippen LogP contribution in [0, 0.1) is 13.8 Å². The van der Waals surface area contributed by atoms with Gasteiger partial charge in [-0.3, -0.25) is 4.79 Å². The minimum absolute atomic E-state index is 0.190. The Labute approximate surface area is 137 Å². The normalized spacial score (nSPS) is 10.5. The molecule has 0 radical (unpaired) electrons. The first-order valence-electron chi connectivity index (χ1n) is 7.60. The molecule has 0 bridgehead atoms. The third kappa shape index (κ3) is 3.50. The van der Waals surface area contributed by atoms with Crippen molar-refractivity contribution >= 4 is 5.91 Å². The van der Waals surface area contributed by atoms with Gasteiger partial charge in [0, 0.05) is 25.0 Å². The fourth-order valence-corrected chi connectivity index (χ4v) is 2.66. The van der Waals surface area contributed by atoms with Gasteiger partial charge in [-0.1, -0.05) is 6.07 Å². The number of benzene rings is 1. The highest BCUT2D eigenvalue weighted by Gasteiger charge is 2.17. The maximum Gasteiger partial charge on any atom is 0.258 e. The second-order valence-corrected chi connectivity index (χ2v) is 5.50. The Morgan fingerprint density at radius 1 is 1.17 bits per heavy atom. The minimum atomic E-state index is -0.190. The summed E-state index contributed by atoms with van der Waals surface area (Å²) in [5, 5.41) is 2.94. The monoisotopic (exact) mass is 316 g/mol. The van der Waals surface area contributed by atoms with Crippen molar-refractivity contribution in [3.05, 3.63) is 46.8 Å². The number of aryl methyl sites for hydroxylation is 1. The molecular formula is C18H24N2O3. The van der Waals surface area contributed by atoms with E-state index in [1.165, 1.54) is 17.0 Å². The summed E-state index contributed by atoms with van der Waals surface area (Å²) in [6, 6.07) is 7.46. The molecule has 0 atom stereocenters. The van der Waals surface area contributed by atoms with Gasteiger partial charge in [-0.05, 0) is 44.0 Å². The molecule has 0 aliphatic rings. The largest absolute Gasteiger partial charge is 0.496 e. The summed E-state index contributed by atoms with van der Waals surface area (Å²) in [6.45, 7) is 4.73. The summed E-state index contributed by atoms with van der Waals surface area (Å²) in [7, 11) is 5.13. The third-order valence-corrected chi connectivity index (χ3v) is 4.21. The van der Waals surface area contributed by atoms with Crippen LogP contribution >= 0.6 is 0 Å². The van der Waals surface area contributed by atoms with Crippen LogP contribution in [0.15, 0.2) is 24.3 Å². The molecule has 1 aromatic carbocycles. The number of carbonyl (C=O) groups is 1. The highest BCUT2D eigenvalue weighted by Crippen LogP contribution is 2.27. The molecule has 1 N–H and O–H groups in total. The van der Waals surface area contributed by atoms with Crippen LogP contribution in [0.1, 0.15) is 27.3 Å². The van der Waals surface area contributed by atoms with E-state index in [0.29, 0.717) is 23.6 Å². The lowest BCUT2D eigenvalue weighted by Gasteiger charge is -2.13. The lowest BCUT2D eigenvalue weighted by atomic mass is 10.1. The second kappa shape index (κ2) is 7.22. The standard InChI is InChI=1S/C18H24N2O3/c1-12-11-14(13(2)20(12)3)9-10-19-18(21)17-15(22-4)7-6-8-16(17)23-5/h6-8,11H,9-10H2,1-5H3,(H,19,21). The number of nitrogens with one attached hydrogen (secondary N) is 1. The predicted octanol–water partition coefficient (Wildman–Crippen LogP) is 2.63. The third-order valence-electron chi connectivity index (χ3n) is 4.21. The number of carbonyl (C=O) groups excluding carboxylic acids is 1. The predicted molar refractivity (Wildman–Crippen MR) is 90.5 cm³/mol. The topological polar surface area (TPSA) is 52.5 Å². The summed E-state index contributed by atoms with van der Waals surface area (Å²) in [5.41, 5.74) is 4.12. The smallest absolute Gasteiger partial charge is 0.258 e. The van der Waals surface area contributed by atoms with Gasteiger partial charge in [0.25, 0.3) is 5.91 Å². The second-order valence-electron chi connectivity index (χ2n) is 5.50. The number of hydrogen-bond donors (Lipinski definition) is 1. The molecule has 2 aromatic rings. The lowest BCUT2D eigenvalue weighted by molar-refractivity contribution is 0.0948. The van der Waals surface area contributed by atoms with Crippen LogP contribution in [0.2, 0.25) is 0 Å². The van der Waals surface area contributed by atoms with Crippen molar-refractivity contribution in [1.82, 2.24) is 9.88 Å². The summed E-state index contributed by atoms with van der Waals surface area (Å²) >= 11 is 0. The van der Waals surface area contributed by atoms with Crippen LogP contribution in [0.5, 0.6) is 11.5 Å². The van der Waals surface area contributed by atoms with E-state index in [2.05, 4.69) is 29.8 Å². The zero-order valence-electron chi connectivity index (χ0n) is 14.4. The van der Waals surface area contributed by atoms with Gasteiger partial charge in [0.1, 0.15) is 17.1 Å². The minimum Gasteiger partial charge on any atom is -0.496 e. The number of hydrogen-bond acceptors (Lipinski definition) is 3. The van der Waals surface area contributed by atoms with Gasteiger partial charge in [0.2, 0.25) is 0 Å². The lowest BCUT2D eigenvalue weighted by Crippen LogP contribution is -2.26. The Morgan fingerprint density at radius 3 is 2.26 bits per heavy atom. The Bertz CT molecular complexity index is 682. The van der Waals surface area contributed by atoms with Gasteiger partial charge in [-0.2, -0.15) is 0 Å². The zero-order chi connectivity index (χ0) is 17.0. The molecule has 2 rings (SSSR count). The van der Waals surface area contributed by atoms with Crippen LogP contribution < -0.4 is 14.8 Å². The zero-order valence-corrected chi connectivity index (χ0v) is 14.4. The average Bonchev–Trinajstić information content (AvgIpc) is 2.81. The van der Waals surface area contributed by atoms with Crippen LogP contribution in [-0.4, -0.2) is 31.2 Å². The first-order chi connectivity index (χ1) is 11.0. The van der Waals surface area contributed by atoms with Crippen molar-refractivity contribution in [2.75, 3.05) is 20.8 Å². The number of ether oxygens (including phenoxy) is 2. The number of amides is 1. The van der Waals surface area contributed by atoms with Crippen molar-refractivity contribution in [2.24, 2.45) is 7.05 Å². The molecule has 1 aromatic heterocycles. The quantitative estimate of drug-likeness (QED) is 0.891. The Morgan fingerprint density at radius 2 is 1.78 bits per heavy atom. The van der Waals surface area contributed by atoms with E-state index in [-0.39, 0.29) is 5.91 Å². The first kappa shape index (κ1) is 16.9. The fraction of sp³-hybridized carbons (Fsp3) is 0.389. The van der Waals surface area contributed by atoms with Crippen molar-refractivity contribution in [2.45, 2.75) is 20.3 Å².